The Kier molecular flexibility index (Phi) is 2.56. The maximum Gasteiger partial charge on any atom is 0.433 e. The monoisotopic (exact) mass is 230 g/mol. The summed E-state index contributed by atoms with van der Waals surface area (Å²) in [6.07, 6.45) is -1.94. The van der Waals surface area contributed by atoms with Gasteiger partial charge in [0.15, 0.2) is 0 Å². The van der Waals surface area contributed by atoms with Crippen LogP contribution < -0.4 is 5.73 Å². The molecule has 1 aliphatic rings. The highest BCUT2D eigenvalue weighted by molar-refractivity contribution is 5.59. The Hall–Kier alpha value is -1.26. The third-order valence-corrected chi connectivity index (χ3v) is 2.99. The molecule has 2 rings (SSSR count). The minimum Gasteiger partial charge on any atom is -0.398 e. The highest BCUT2D eigenvalue weighted by Gasteiger charge is 2.37. The van der Waals surface area contributed by atoms with Crippen molar-refractivity contribution in [2.24, 2.45) is 0 Å². The van der Waals surface area contributed by atoms with Crippen molar-refractivity contribution in [1.29, 1.82) is 0 Å². The smallest absolute Gasteiger partial charge is 0.398 e. The average molecular weight is 230 g/mol. The van der Waals surface area contributed by atoms with Gasteiger partial charge in [-0.15, -0.1) is 0 Å². The van der Waals surface area contributed by atoms with Gasteiger partial charge in [0.2, 0.25) is 0 Å². The van der Waals surface area contributed by atoms with Crippen LogP contribution in [0.4, 0.5) is 18.9 Å². The highest BCUT2D eigenvalue weighted by Crippen LogP contribution is 2.37. The molecule has 0 aromatic carbocycles. The molecule has 0 radical (unpaired) electrons. The molecule has 1 aromatic heterocycles. The molecule has 0 saturated heterocycles. The van der Waals surface area contributed by atoms with Crippen LogP contribution in [0.3, 0.4) is 0 Å². The van der Waals surface area contributed by atoms with Gasteiger partial charge in [0, 0.05) is 16.9 Å². The van der Waals surface area contributed by atoms with Crippen LogP contribution in [0.5, 0.6) is 0 Å². The molecule has 16 heavy (non-hydrogen) atoms. The zero-order valence-electron chi connectivity index (χ0n) is 8.99. The van der Waals surface area contributed by atoms with Gasteiger partial charge >= 0.3 is 6.18 Å². The van der Waals surface area contributed by atoms with Gasteiger partial charge in [-0.1, -0.05) is 6.92 Å². The van der Waals surface area contributed by atoms with Crippen molar-refractivity contribution in [3.63, 3.8) is 0 Å². The van der Waals surface area contributed by atoms with E-state index in [1.165, 1.54) is 0 Å². The summed E-state index contributed by atoms with van der Waals surface area (Å²) >= 11 is 0. The molecule has 0 atom stereocenters. The first-order chi connectivity index (χ1) is 7.45. The van der Waals surface area contributed by atoms with Crippen LogP contribution in [0.1, 0.15) is 35.9 Å². The molecule has 0 bridgehead atoms. The van der Waals surface area contributed by atoms with E-state index in [2.05, 4.69) is 4.98 Å². The van der Waals surface area contributed by atoms with Crippen LogP contribution >= 0.6 is 0 Å². The Balaban J connectivity index is 2.66. The molecule has 88 valence electrons. The Morgan fingerprint density at radius 1 is 1.31 bits per heavy atom. The largest absolute Gasteiger partial charge is 0.433 e. The minimum absolute atomic E-state index is 0.146. The molecule has 2 nitrogen and oxygen atoms in total. The summed E-state index contributed by atoms with van der Waals surface area (Å²) in [5.74, 6) is 0. The Morgan fingerprint density at radius 3 is 2.56 bits per heavy atom. The topological polar surface area (TPSA) is 38.9 Å². The summed E-state index contributed by atoms with van der Waals surface area (Å²) in [7, 11) is 0. The molecule has 2 N–H and O–H groups in total. The van der Waals surface area contributed by atoms with Gasteiger partial charge in [-0.3, -0.25) is 0 Å². The second-order valence-corrected chi connectivity index (χ2v) is 3.98. The molecule has 0 amide bonds. The predicted molar refractivity (Wildman–Crippen MR) is 55.1 cm³/mol. The van der Waals surface area contributed by atoms with Gasteiger partial charge < -0.3 is 5.73 Å². The van der Waals surface area contributed by atoms with Crippen molar-refractivity contribution in [1.82, 2.24) is 4.98 Å². The van der Waals surface area contributed by atoms with Gasteiger partial charge in [0.25, 0.3) is 0 Å². The molecule has 0 unspecified atom stereocenters. The lowest BCUT2D eigenvalue weighted by Gasteiger charge is -2.16. The number of pyridine rings is 1. The fourth-order valence-corrected chi connectivity index (χ4v) is 2.25. The zero-order valence-corrected chi connectivity index (χ0v) is 8.99. The molecule has 0 fully saturated rings. The number of halogens is 3. The Bertz CT molecular complexity index is 424. The summed E-state index contributed by atoms with van der Waals surface area (Å²) in [5, 5.41) is 0. The number of alkyl halides is 3. The maximum atomic E-state index is 12.8. The molecule has 1 heterocycles. The normalized spacial score (nSPS) is 15.2. The SMILES string of the molecule is CCc1c(C(F)(F)F)nc2c(c1N)CCC2. The molecule has 1 aromatic rings. The van der Waals surface area contributed by atoms with Crippen molar-refractivity contribution in [2.75, 3.05) is 5.73 Å². The number of rotatable bonds is 1. The summed E-state index contributed by atoms with van der Waals surface area (Å²) < 4.78 is 38.3. The number of anilines is 1. The molecular weight excluding hydrogens is 217 g/mol. The van der Waals surface area contributed by atoms with E-state index in [0.29, 0.717) is 17.8 Å². The summed E-state index contributed by atoms with van der Waals surface area (Å²) in [6, 6.07) is 0. The third kappa shape index (κ3) is 1.64. The quantitative estimate of drug-likeness (QED) is 0.805. The molecule has 1 aliphatic carbocycles. The zero-order chi connectivity index (χ0) is 11.9. The van der Waals surface area contributed by atoms with Crippen LogP contribution in [0, 0.1) is 0 Å². The predicted octanol–water partition coefficient (Wildman–Crippen LogP) is 2.73. The van der Waals surface area contributed by atoms with Crippen molar-refractivity contribution in [3.8, 4) is 0 Å². The van der Waals surface area contributed by atoms with E-state index in [1.807, 2.05) is 0 Å². The van der Waals surface area contributed by atoms with Crippen molar-refractivity contribution < 1.29 is 13.2 Å². The van der Waals surface area contributed by atoms with E-state index in [-0.39, 0.29) is 12.0 Å². The summed E-state index contributed by atoms with van der Waals surface area (Å²) in [5.41, 5.74) is 6.81. The van der Waals surface area contributed by atoms with E-state index in [1.54, 1.807) is 6.92 Å². The number of nitrogens with zero attached hydrogens (tertiary/aromatic N) is 1. The number of hydrogen-bond acceptors (Lipinski definition) is 2. The third-order valence-electron chi connectivity index (χ3n) is 2.99. The van der Waals surface area contributed by atoms with Crippen molar-refractivity contribution >= 4 is 5.69 Å². The fraction of sp³-hybridized carbons (Fsp3) is 0.545. The van der Waals surface area contributed by atoms with Crippen molar-refractivity contribution in [2.45, 2.75) is 38.8 Å². The first-order valence-corrected chi connectivity index (χ1v) is 5.32. The second kappa shape index (κ2) is 3.64. The molecule has 0 spiro atoms. The summed E-state index contributed by atoms with van der Waals surface area (Å²) in [6.45, 7) is 1.67. The number of hydrogen-bond donors (Lipinski definition) is 1. The van der Waals surface area contributed by atoms with Crippen LogP contribution in [0.25, 0.3) is 0 Å². The van der Waals surface area contributed by atoms with Gasteiger partial charge in [-0.2, -0.15) is 13.2 Å². The van der Waals surface area contributed by atoms with Gasteiger partial charge in [0.1, 0.15) is 5.69 Å². The van der Waals surface area contributed by atoms with Crippen LogP contribution in [-0.2, 0) is 25.4 Å². The lowest BCUT2D eigenvalue weighted by atomic mass is 10.0. The number of aryl methyl sites for hydroxylation is 1. The van der Waals surface area contributed by atoms with Crippen LogP contribution in [0.2, 0.25) is 0 Å². The highest BCUT2D eigenvalue weighted by atomic mass is 19.4. The van der Waals surface area contributed by atoms with E-state index >= 15 is 0 Å². The Morgan fingerprint density at radius 2 is 2.00 bits per heavy atom. The van der Waals surface area contributed by atoms with Gasteiger partial charge in [-0.05, 0) is 31.2 Å². The Labute approximate surface area is 91.7 Å². The van der Waals surface area contributed by atoms with E-state index < -0.39 is 11.9 Å². The van der Waals surface area contributed by atoms with Gasteiger partial charge in [-0.25, -0.2) is 4.98 Å². The first kappa shape index (κ1) is 11.2. The number of nitrogen functional groups attached to an aromatic ring is 1. The average Bonchev–Trinajstić information content (AvgIpc) is 2.64. The summed E-state index contributed by atoms with van der Waals surface area (Å²) in [4.78, 5) is 3.75. The molecule has 5 heteroatoms. The van der Waals surface area contributed by atoms with Crippen LogP contribution in [-0.4, -0.2) is 4.98 Å². The standard InChI is InChI=1S/C11H13F3N2/c1-2-6-9(15)7-4-3-5-8(7)16-10(6)11(12,13)14/h2-5H2,1H3,(H2,15,16). The molecule has 0 saturated carbocycles. The van der Waals surface area contributed by atoms with E-state index in [0.717, 1.165) is 18.4 Å². The van der Waals surface area contributed by atoms with Gasteiger partial charge in [0.05, 0.1) is 0 Å². The lowest BCUT2D eigenvalue weighted by Crippen LogP contribution is -2.16. The van der Waals surface area contributed by atoms with E-state index in [9.17, 15) is 13.2 Å². The molecule has 0 aliphatic heterocycles. The number of nitrogens with two attached hydrogens (primary N) is 1. The number of fused-ring (bicyclic) bond motifs is 1. The lowest BCUT2D eigenvalue weighted by molar-refractivity contribution is -0.141. The minimum atomic E-state index is -4.41. The molecular formula is C11H13F3N2. The fourth-order valence-electron chi connectivity index (χ4n) is 2.25. The van der Waals surface area contributed by atoms with Crippen molar-refractivity contribution in [3.05, 3.63) is 22.5 Å². The second-order valence-electron chi connectivity index (χ2n) is 3.98. The van der Waals surface area contributed by atoms with Crippen LogP contribution in [0.15, 0.2) is 0 Å². The first-order valence-electron chi connectivity index (χ1n) is 5.32. The van der Waals surface area contributed by atoms with E-state index in [4.69, 9.17) is 5.73 Å². The maximum absolute atomic E-state index is 12.8. The number of aromatic nitrogens is 1.